The number of nitrogens with one attached hydrogen (secondary N) is 1. The number of aryl methyl sites for hydroxylation is 1. The second-order valence-corrected chi connectivity index (χ2v) is 3.15. The summed E-state index contributed by atoms with van der Waals surface area (Å²) in [6.07, 6.45) is 1.52. The second kappa shape index (κ2) is 5.15. The fourth-order valence-corrected chi connectivity index (χ4v) is 1.20. The number of carbonyl (C=O) groups excluding carboxylic acids is 2. The number of nitrogens with zero attached hydrogens (tertiary/aromatic N) is 2. The van der Waals surface area contributed by atoms with E-state index in [0.29, 0.717) is 5.69 Å². The van der Waals surface area contributed by atoms with Crippen LogP contribution in [0, 0.1) is 0 Å². The van der Waals surface area contributed by atoms with E-state index >= 15 is 0 Å². The third kappa shape index (κ3) is 2.72. The fourth-order valence-electron chi connectivity index (χ4n) is 1.20. The van der Waals surface area contributed by atoms with Gasteiger partial charge in [0.05, 0.1) is 25.4 Å². The van der Waals surface area contributed by atoms with Gasteiger partial charge in [-0.05, 0) is 0 Å². The van der Waals surface area contributed by atoms with Crippen LogP contribution in [0.4, 0.5) is 5.69 Å². The van der Waals surface area contributed by atoms with Crippen molar-refractivity contribution in [3.8, 4) is 0 Å². The molecule has 1 aromatic rings. The zero-order valence-corrected chi connectivity index (χ0v) is 9.19. The molecule has 0 fully saturated rings. The Bertz CT molecular complexity index is 380. The molecule has 1 heterocycles. The molecule has 0 aliphatic rings. The summed E-state index contributed by atoms with van der Waals surface area (Å²) in [5, 5.41) is 6.39. The summed E-state index contributed by atoms with van der Waals surface area (Å²) in [6, 6.07) is 0. The van der Waals surface area contributed by atoms with Gasteiger partial charge in [0.25, 0.3) is 5.91 Å². The van der Waals surface area contributed by atoms with Crippen LogP contribution in [0.25, 0.3) is 0 Å². The summed E-state index contributed by atoms with van der Waals surface area (Å²) in [5.74, 6) is -0.736. The van der Waals surface area contributed by atoms with E-state index < -0.39 is 0 Å². The van der Waals surface area contributed by atoms with Gasteiger partial charge in [-0.15, -0.1) is 0 Å². The Kier molecular flexibility index (Phi) is 3.87. The summed E-state index contributed by atoms with van der Waals surface area (Å²) in [6.45, 7) is 0.204. The first kappa shape index (κ1) is 12.0. The second-order valence-electron chi connectivity index (χ2n) is 3.15. The van der Waals surface area contributed by atoms with E-state index in [1.165, 1.54) is 18.0 Å². The molecule has 0 unspecified atom stereocenters. The fraction of sp³-hybridized carbons (Fsp3) is 0.444. The van der Waals surface area contributed by atoms with Crippen molar-refractivity contribution in [1.82, 2.24) is 15.1 Å². The summed E-state index contributed by atoms with van der Waals surface area (Å²) < 4.78 is 5.82. The molecule has 16 heavy (non-hydrogen) atoms. The Morgan fingerprint density at radius 1 is 1.62 bits per heavy atom. The molecule has 7 heteroatoms. The van der Waals surface area contributed by atoms with Crippen molar-refractivity contribution in [2.24, 2.45) is 7.05 Å². The maximum absolute atomic E-state index is 11.6. The zero-order chi connectivity index (χ0) is 12.1. The molecule has 0 radical (unpaired) electrons. The zero-order valence-electron chi connectivity index (χ0n) is 9.19. The molecule has 0 aliphatic heterocycles. The highest BCUT2D eigenvalue weighted by Gasteiger charge is 2.14. The first-order valence-electron chi connectivity index (χ1n) is 4.68. The largest absolute Gasteiger partial charge is 0.469 e. The van der Waals surface area contributed by atoms with Crippen molar-refractivity contribution in [2.45, 2.75) is 6.42 Å². The number of esters is 1. The monoisotopic (exact) mass is 226 g/mol. The van der Waals surface area contributed by atoms with E-state index in [2.05, 4.69) is 15.2 Å². The molecular formula is C9H14N4O3. The van der Waals surface area contributed by atoms with Gasteiger partial charge in [0.1, 0.15) is 5.69 Å². The van der Waals surface area contributed by atoms with Crippen molar-refractivity contribution in [3.63, 3.8) is 0 Å². The van der Waals surface area contributed by atoms with Crippen LogP contribution in [0.1, 0.15) is 16.9 Å². The number of anilines is 1. The topological polar surface area (TPSA) is 99.2 Å². The molecule has 0 saturated heterocycles. The number of nitrogens with two attached hydrogens (primary N) is 1. The number of hydrogen-bond acceptors (Lipinski definition) is 5. The van der Waals surface area contributed by atoms with Gasteiger partial charge in [0.15, 0.2) is 0 Å². The lowest BCUT2D eigenvalue weighted by Crippen LogP contribution is -2.28. The SMILES string of the molecule is COC(=O)CCNC(=O)c1c(N)cnn1C. The van der Waals surface area contributed by atoms with Crippen LogP contribution in [0.3, 0.4) is 0 Å². The first-order chi connectivity index (χ1) is 7.56. The summed E-state index contributed by atoms with van der Waals surface area (Å²) in [5.41, 5.74) is 6.15. The molecule has 1 amide bonds. The van der Waals surface area contributed by atoms with Gasteiger partial charge in [-0.3, -0.25) is 14.3 Å². The van der Waals surface area contributed by atoms with E-state index in [1.54, 1.807) is 7.05 Å². The number of rotatable bonds is 4. The van der Waals surface area contributed by atoms with Gasteiger partial charge in [0.2, 0.25) is 0 Å². The average molecular weight is 226 g/mol. The Hall–Kier alpha value is -2.05. The van der Waals surface area contributed by atoms with E-state index in [0.717, 1.165) is 0 Å². The first-order valence-corrected chi connectivity index (χ1v) is 4.68. The molecule has 1 rings (SSSR count). The quantitative estimate of drug-likeness (QED) is 0.661. The van der Waals surface area contributed by atoms with Gasteiger partial charge in [-0.1, -0.05) is 0 Å². The molecule has 0 saturated carbocycles. The maximum atomic E-state index is 11.6. The lowest BCUT2D eigenvalue weighted by Gasteiger charge is -2.05. The van der Waals surface area contributed by atoms with Gasteiger partial charge in [0, 0.05) is 13.6 Å². The predicted octanol–water partition coefficient (Wildman–Crippen LogP) is -0.705. The average Bonchev–Trinajstić information content (AvgIpc) is 2.58. The number of aromatic nitrogens is 2. The predicted molar refractivity (Wildman–Crippen MR) is 56.6 cm³/mol. The van der Waals surface area contributed by atoms with Crippen molar-refractivity contribution in [2.75, 3.05) is 19.4 Å². The van der Waals surface area contributed by atoms with E-state index in [-0.39, 0.29) is 30.5 Å². The van der Waals surface area contributed by atoms with Crippen LogP contribution >= 0.6 is 0 Å². The van der Waals surface area contributed by atoms with Gasteiger partial charge < -0.3 is 15.8 Å². The molecule has 0 atom stereocenters. The van der Waals surface area contributed by atoms with Gasteiger partial charge in [-0.25, -0.2) is 0 Å². The lowest BCUT2D eigenvalue weighted by molar-refractivity contribution is -0.140. The minimum atomic E-state index is -0.377. The van der Waals surface area contributed by atoms with Gasteiger partial charge in [-0.2, -0.15) is 5.10 Å². The number of ether oxygens (including phenoxy) is 1. The number of amides is 1. The molecule has 1 aromatic heterocycles. The number of nitrogen functional groups attached to an aromatic ring is 1. The minimum absolute atomic E-state index is 0.125. The van der Waals surface area contributed by atoms with Crippen molar-refractivity contribution >= 4 is 17.6 Å². The molecule has 0 aliphatic carbocycles. The molecule has 0 aromatic carbocycles. The van der Waals surface area contributed by atoms with Crippen LogP contribution in [-0.2, 0) is 16.6 Å². The highest BCUT2D eigenvalue weighted by Crippen LogP contribution is 2.08. The van der Waals surface area contributed by atoms with Crippen LogP contribution in [0.5, 0.6) is 0 Å². The standard InChI is InChI=1S/C9H14N4O3/c1-13-8(6(10)5-12-13)9(15)11-4-3-7(14)16-2/h5H,3-4,10H2,1-2H3,(H,11,15). The Labute approximate surface area is 92.6 Å². The molecule has 88 valence electrons. The molecule has 7 nitrogen and oxygen atoms in total. The summed E-state index contributed by atoms with van der Waals surface area (Å²) >= 11 is 0. The third-order valence-corrected chi connectivity index (χ3v) is 2.02. The Balaban J connectivity index is 2.50. The summed E-state index contributed by atoms with van der Waals surface area (Å²) in [7, 11) is 2.91. The minimum Gasteiger partial charge on any atom is -0.469 e. The van der Waals surface area contributed by atoms with Crippen LogP contribution < -0.4 is 11.1 Å². The molecule has 0 bridgehead atoms. The van der Waals surface area contributed by atoms with Crippen LogP contribution in [0.2, 0.25) is 0 Å². The van der Waals surface area contributed by atoms with Crippen molar-refractivity contribution in [3.05, 3.63) is 11.9 Å². The van der Waals surface area contributed by atoms with E-state index in [9.17, 15) is 9.59 Å². The number of carbonyl (C=O) groups is 2. The maximum Gasteiger partial charge on any atom is 0.307 e. The normalized spacial score (nSPS) is 9.88. The molecule has 3 N–H and O–H groups in total. The summed E-state index contributed by atoms with van der Waals surface area (Å²) in [4.78, 5) is 22.4. The Morgan fingerprint density at radius 3 is 2.81 bits per heavy atom. The Morgan fingerprint density at radius 2 is 2.31 bits per heavy atom. The number of hydrogen-bond donors (Lipinski definition) is 2. The van der Waals surface area contributed by atoms with E-state index in [4.69, 9.17) is 5.73 Å². The van der Waals surface area contributed by atoms with Crippen LogP contribution in [0.15, 0.2) is 6.20 Å². The van der Waals surface area contributed by atoms with Crippen molar-refractivity contribution in [1.29, 1.82) is 0 Å². The van der Waals surface area contributed by atoms with E-state index in [1.807, 2.05) is 0 Å². The highest BCUT2D eigenvalue weighted by atomic mass is 16.5. The highest BCUT2D eigenvalue weighted by molar-refractivity contribution is 5.97. The molecule has 0 spiro atoms. The molecular weight excluding hydrogens is 212 g/mol. The smallest absolute Gasteiger partial charge is 0.307 e. The lowest BCUT2D eigenvalue weighted by atomic mass is 10.3. The van der Waals surface area contributed by atoms with Crippen LogP contribution in [-0.4, -0.2) is 35.3 Å². The number of methoxy groups -OCH3 is 1. The van der Waals surface area contributed by atoms with Crippen molar-refractivity contribution < 1.29 is 14.3 Å². The third-order valence-electron chi connectivity index (χ3n) is 2.02. The van der Waals surface area contributed by atoms with Gasteiger partial charge >= 0.3 is 5.97 Å².